The second-order valence-electron chi connectivity index (χ2n) is 14.5. The minimum absolute atomic E-state index is 0.0283. The highest BCUT2D eigenvalue weighted by atomic mass is 16.6. The Morgan fingerprint density at radius 1 is 0.414 bits per heavy atom. The number of rotatable bonds is 34. The Morgan fingerprint density at radius 3 is 1.09 bits per heavy atom. The molecule has 58 heavy (non-hydrogen) atoms. The van der Waals surface area contributed by atoms with Crippen molar-refractivity contribution in [2.75, 3.05) is 119 Å². The zero-order valence-corrected chi connectivity index (χ0v) is 35.4. The first kappa shape index (κ1) is 54.1. The van der Waals surface area contributed by atoms with Crippen molar-refractivity contribution in [3.63, 3.8) is 0 Å². The molecule has 0 aromatic carbocycles. The lowest BCUT2D eigenvalue weighted by atomic mass is 10.1. The van der Waals surface area contributed by atoms with Crippen LogP contribution in [0.3, 0.4) is 0 Å². The standard InChI is InChI=1S/C37H71N7O14/c1-36(2,3)57-34(49)43-15-19-53-23-27-55-25-21-51-17-9-31(46)40-12-11-39-30(45)8-7-29(38)33(48)42-14-13-41-32(47)10-18-52-22-26-56-28-24-54-20-16-44-35(50)58-37(4,5)6/h29H,7-28,38H2,1-6H3,(H,39,45)(H,40,46)(H,41,47)(H,42,48)(H,43,49)(H,44,50)/t29-/m0/s1. The van der Waals surface area contributed by atoms with Gasteiger partial charge in [0, 0.05) is 58.5 Å². The number of carbonyl (C=O) groups excluding carboxylic acids is 6. The summed E-state index contributed by atoms with van der Waals surface area (Å²) < 4.78 is 42.5. The lowest BCUT2D eigenvalue weighted by Crippen LogP contribution is -2.44. The van der Waals surface area contributed by atoms with E-state index < -0.39 is 35.3 Å². The van der Waals surface area contributed by atoms with Crippen LogP contribution in [0, 0.1) is 0 Å². The fraction of sp³-hybridized carbons (Fsp3) is 0.838. The van der Waals surface area contributed by atoms with Gasteiger partial charge in [-0.25, -0.2) is 9.59 Å². The van der Waals surface area contributed by atoms with E-state index in [1.54, 1.807) is 41.5 Å². The summed E-state index contributed by atoms with van der Waals surface area (Å²) in [5.74, 6) is -1.21. The van der Waals surface area contributed by atoms with Gasteiger partial charge >= 0.3 is 12.2 Å². The van der Waals surface area contributed by atoms with Crippen molar-refractivity contribution >= 4 is 35.8 Å². The summed E-state index contributed by atoms with van der Waals surface area (Å²) in [4.78, 5) is 71.3. The first-order valence-corrected chi connectivity index (χ1v) is 19.7. The SMILES string of the molecule is CC(C)(C)OC(=O)NCCOCCOCCOCCC(=O)NCCNC(=O)CC[C@H](N)C(=O)NCCNC(=O)CCOCCOCCOCCNC(=O)OC(C)(C)C. The third-order valence-corrected chi connectivity index (χ3v) is 6.80. The van der Waals surface area contributed by atoms with Crippen LogP contribution in [-0.4, -0.2) is 172 Å². The van der Waals surface area contributed by atoms with Gasteiger partial charge in [0.1, 0.15) is 11.2 Å². The number of hydrogen-bond donors (Lipinski definition) is 7. The molecule has 1 atom stereocenters. The van der Waals surface area contributed by atoms with E-state index in [1.807, 2.05) is 0 Å². The normalized spacial score (nSPS) is 11.9. The molecular weight excluding hydrogens is 766 g/mol. The molecule has 0 saturated carbocycles. The van der Waals surface area contributed by atoms with Crippen LogP contribution in [0.4, 0.5) is 9.59 Å². The number of carbonyl (C=O) groups is 6. The molecule has 0 bridgehead atoms. The summed E-state index contributed by atoms with van der Waals surface area (Å²) >= 11 is 0. The Kier molecular flexibility index (Phi) is 31.8. The van der Waals surface area contributed by atoms with Gasteiger partial charge in [-0.1, -0.05) is 0 Å². The molecule has 21 heteroatoms. The van der Waals surface area contributed by atoms with Crippen molar-refractivity contribution in [1.29, 1.82) is 0 Å². The van der Waals surface area contributed by atoms with Crippen molar-refractivity contribution < 1.29 is 66.7 Å². The lowest BCUT2D eigenvalue weighted by Gasteiger charge is -2.19. The Labute approximate surface area is 342 Å². The molecule has 0 spiro atoms. The second-order valence-corrected chi connectivity index (χ2v) is 14.5. The molecule has 0 saturated heterocycles. The zero-order valence-electron chi connectivity index (χ0n) is 35.4. The van der Waals surface area contributed by atoms with Crippen LogP contribution < -0.4 is 37.6 Å². The van der Waals surface area contributed by atoms with E-state index in [0.717, 1.165) is 0 Å². The van der Waals surface area contributed by atoms with Crippen LogP contribution in [0.15, 0.2) is 0 Å². The Bertz CT molecular complexity index is 1150. The summed E-state index contributed by atoms with van der Waals surface area (Å²) in [6.07, 6.45) is -0.544. The maximum absolute atomic E-state index is 12.2. The van der Waals surface area contributed by atoms with Crippen molar-refractivity contribution in [2.24, 2.45) is 5.73 Å². The van der Waals surface area contributed by atoms with Crippen molar-refractivity contribution in [1.82, 2.24) is 31.9 Å². The Balaban J connectivity index is 3.60. The highest BCUT2D eigenvalue weighted by molar-refractivity contribution is 5.83. The van der Waals surface area contributed by atoms with Crippen LogP contribution in [0.5, 0.6) is 0 Å². The molecule has 0 aliphatic rings. The van der Waals surface area contributed by atoms with E-state index in [2.05, 4.69) is 31.9 Å². The predicted molar refractivity (Wildman–Crippen MR) is 212 cm³/mol. The largest absolute Gasteiger partial charge is 0.444 e. The van der Waals surface area contributed by atoms with Crippen molar-refractivity contribution in [2.45, 2.75) is 84.5 Å². The molecule has 0 radical (unpaired) electrons. The number of amides is 6. The molecule has 0 aromatic heterocycles. The average molecular weight is 838 g/mol. The molecular formula is C37H71N7O14. The minimum atomic E-state index is -0.900. The molecule has 338 valence electrons. The van der Waals surface area contributed by atoms with Gasteiger partial charge in [0.15, 0.2) is 0 Å². The van der Waals surface area contributed by atoms with Gasteiger partial charge in [-0.05, 0) is 48.0 Å². The molecule has 0 rings (SSSR count). The van der Waals surface area contributed by atoms with Crippen LogP contribution >= 0.6 is 0 Å². The van der Waals surface area contributed by atoms with E-state index >= 15 is 0 Å². The van der Waals surface area contributed by atoms with E-state index in [1.165, 1.54) is 0 Å². The molecule has 0 fully saturated rings. The van der Waals surface area contributed by atoms with Crippen molar-refractivity contribution in [3.8, 4) is 0 Å². The van der Waals surface area contributed by atoms with Crippen LogP contribution in [0.2, 0.25) is 0 Å². The van der Waals surface area contributed by atoms with E-state index in [-0.39, 0.29) is 82.8 Å². The van der Waals surface area contributed by atoms with Gasteiger partial charge in [0.05, 0.1) is 85.3 Å². The molecule has 6 amide bonds. The number of alkyl carbamates (subject to hydrolysis) is 2. The topological polar surface area (TPSA) is 274 Å². The van der Waals surface area contributed by atoms with Gasteiger partial charge in [0.25, 0.3) is 0 Å². The highest BCUT2D eigenvalue weighted by Gasteiger charge is 2.17. The zero-order chi connectivity index (χ0) is 43.5. The molecule has 21 nitrogen and oxygen atoms in total. The van der Waals surface area contributed by atoms with Crippen LogP contribution in [0.25, 0.3) is 0 Å². The average Bonchev–Trinajstić information content (AvgIpc) is 3.13. The van der Waals surface area contributed by atoms with Crippen molar-refractivity contribution in [3.05, 3.63) is 0 Å². The third-order valence-electron chi connectivity index (χ3n) is 6.80. The van der Waals surface area contributed by atoms with Gasteiger partial charge in [0.2, 0.25) is 23.6 Å². The molecule has 0 heterocycles. The van der Waals surface area contributed by atoms with Gasteiger partial charge < -0.3 is 75.5 Å². The first-order chi connectivity index (χ1) is 27.5. The monoisotopic (exact) mass is 838 g/mol. The molecule has 0 unspecified atom stereocenters. The van der Waals surface area contributed by atoms with Crippen LogP contribution in [-0.2, 0) is 57.1 Å². The maximum Gasteiger partial charge on any atom is 0.407 e. The summed E-state index contributed by atoms with van der Waals surface area (Å²) in [5, 5.41) is 15.8. The quantitative estimate of drug-likeness (QED) is 0.0402. The smallest absolute Gasteiger partial charge is 0.407 e. The van der Waals surface area contributed by atoms with Gasteiger partial charge in [-0.2, -0.15) is 0 Å². The summed E-state index contributed by atoms with van der Waals surface area (Å²) in [5.41, 5.74) is 4.78. The fourth-order valence-electron chi connectivity index (χ4n) is 4.10. The molecule has 0 aromatic rings. The lowest BCUT2D eigenvalue weighted by molar-refractivity contribution is -0.125. The summed E-state index contributed by atoms with van der Waals surface area (Å²) in [6.45, 7) is 16.0. The molecule has 0 aliphatic heterocycles. The second kappa shape index (κ2) is 34.0. The highest BCUT2D eigenvalue weighted by Crippen LogP contribution is 2.07. The Morgan fingerprint density at radius 2 is 0.724 bits per heavy atom. The van der Waals surface area contributed by atoms with Gasteiger partial charge in [-0.15, -0.1) is 0 Å². The van der Waals surface area contributed by atoms with E-state index in [4.69, 9.17) is 43.6 Å². The third kappa shape index (κ3) is 39.0. The number of nitrogens with one attached hydrogen (secondary N) is 6. The first-order valence-electron chi connectivity index (χ1n) is 19.7. The van der Waals surface area contributed by atoms with E-state index in [9.17, 15) is 28.8 Å². The molecule has 8 N–H and O–H groups in total. The van der Waals surface area contributed by atoms with Gasteiger partial charge in [-0.3, -0.25) is 19.2 Å². The number of nitrogens with two attached hydrogens (primary N) is 1. The minimum Gasteiger partial charge on any atom is -0.444 e. The van der Waals surface area contributed by atoms with E-state index in [0.29, 0.717) is 79.2 Å². The predicted octanol–water partition coefficient (Wildman–Crippen LogP) is -0.512. The van der Waals surface area contributed by atoms with Crippen LogP contribution in [0.1, 0.15) is 67.2 Å². The maximum atomic E-state index is 12.2. The molecule has 0 aliphatic carbocycles. The summed E-state index contributed by atoms with van der Waals surface area (Å²) in [7, 11) is 0. The Hall–Kier alpha value is -3.86. The summed E-state index contributed by atoms with van der Waals surface area (Å²) in [6, 6.07) is -0.900. The number of ether oxygens (including phenoxy) is 8. The number of hydrogen-bond acceptors (Lipinski definition) is 15. The fourth-order valence-corrected chi connectivity index (χ4v) is 4.10.